The summed E-state index contributed by atoms with van der Waals surface area (Å²) in [5.41, 5.74) is 10.5. The van der Waals surface area contributed by atoms with Crippen LogP contribution in [0.2, 0.25) is 0 Å². The molecule has 28 heavy (non-hydrogen) atoms. The Morgan fingerprint density at radius 2 is 1.93 bits per heavy atom. The van der Waals surface area contributed by atoms with E-state index in [9.17, 15) is 9.59 Å². The Bertz CT molecular complexity index is 837. The summed E-state index contributed by atoms with van der Waals surface area (Å²) < 4.78 is 0. The number of hydrogen-bond acceptors (Lipinski definition) is 5. The quantitative estimate of drug-likeness (QED) is 0.666. The molecule has 1 aromatic carbocycles. The first-order valence-electron chi connectivity index (χ1n) is 9.35. The van der Waals surface area contributed by atoms with Crippen LogP contribution in [-0.4, -0.2) is 29.4 Å². The van der Waals surface area contributed by atoms with Crippen LogP contribution < -0.4 is 16.4 Å². The first kappa shape index (κ1) is 22.3. The van der Waals surface area contributed by atoms with Crippen molar-refractivity contribution in [2.45, 2.75) is 45.6 Å². The molecule has 0 bridgehead atoms. The lowest BCUT2D eigenvalue weighted by Gasteiger charge is -2.16. The molecule has 0 saturated carbocycles. The number of thiazole rings is 1. The molecule has 3 rings (SSSR count). The highest BCUT2D eigenvalue weighted by molar-refractivity contribution is 7.14. The number of aromatic nitrogens is 1. The van der Waals surface area contributed by atoms with Crippen LogP contribution in [-0.2, 0) is 22.4 Å². The number of fused-ring (bicyclic) bond motifs is 1. The maximum atomic E-state index is 12.0. The monoisotopic (exact) mass is 422 g/mol. The lowest BCUT2D eigenvalue weighted by molar-refractivity contribution is -0.125. The molecule has 0 fully saturated rings. The first-order chi connectivity index (χ1) is 12.9. The van der Waals surface area contributed by atoms with Crippen molar-refractivity contribution in [1.29, 1.82) is 0 Å². The molecule has 1 aliphatic carbocycles. The van der Waals surface area contributed by atoms with Crippen molar-refractivity contribution >= 4 is 40.7 Å². The summed E-state index contributed by atoms with van der Waals surface area (Å²) >= 11 is 1.38. The number of nitrogens with zero attached hydrogens (tertiary/aromatic N) is 1. The second kappa shape index (κ2) is 10.0. The normalized spacial score (nSPS) is 14.0. The van der Waals surface area contributed by atoms with E-state index in [2.05, 4.69) is 33.8 Å². The summed E-state index contributed by atoms with van der Waals surface area (Å²) in [6, 6.07) is 5.88. The summed E-state index contributed by atoms with van der Waals surface area (Å²) in [5.74, 6) is -0.620. The number of anilines is 1. The lowest BCUT2D eigenvalue weighted by Crippen LogP contribution is -2.46. The van der Waals surface area contributed by atoms with E-state index in [1.165, 1.54) is 35.3 Å². The molecule has 1 aromatic heterocycles. The van der Waals surface area contributed by atoms with Gasteiger partial charge in [-0.3, -0.25) is 9.59 Å². The summed E-state index contributed by atoms with van der Waals surface area (Å²) in [7, 11) is 0. The maximum absolute atomic E-state index is 12.0. The zero-order valence-electron chi connectivity index (χ0n) is 16.2. The molecule has 152 valence electrons. The number of carbonyl (C=O) groups excluding carboxylic acids is 2. The molecule has 0 unspecified atom stereocenters. The molecule has 4 N–H and O–H groups in total. The number of rotatable bonds is 6. The average molecular weight is 423 g/mol. The van der Waals surface area contributed by atoms with E-state index >= 15 is 0 Å². The maximum Gasteiger partial charge on any atom is 0.245 e. The third kappa shape index (κ3) is 5.53. The van der Waals surface area contributed by atoms with Gasteiger partial charge in [-0.2, -0.15) is 0 Å². The third-order valence-corrected chi connectivity index (χ3v) is 5.60. The number of carbonyl (C=O) groups is 2. The number of nitrogens with one attached hydrogen (secondary N) is 2. The number of aryl methyl sites for hydroxylation is 2. The van der Waals surface area contributed by atoms with Gasteiger partial charge in [0.05, 0.1) is 18.3 Å². The van der Waals surface area contributed by atoms with Gasteiger partial charge in [-0.05, 0) is 48.8 Å². The molecule has 1 aliphatic rings. The van der Waals surface area contributed by atoms with Gasteiger partial charge in [0.1, 0.15) is 0 Å². The summed E-state index contributed by atoms with van der Waals surface area (Å²) in [4.78, 5) is 28.4. The van der Waals surface area contributed by atoms with Gasteiger partial charge in [-0.25, -0.2) is 4.98 Å². The van der Waals surface area contributed by atoms with Crippen LogP contribution >= 0.6 is 23.7 Å². The molecular weight excluding hydrogens is 396 g/mol. The van der Waals surface area contributed by atoms with Crippen LogP contribution in [0.3, 0.4) is 0 Å². The van der Waals surface area contributed by atoms with Crippen LogP contribution in [0.5, 0.6) is 0 Å². The third-order valence-electron chi connectivity index (χ3n) is 4.84. The molecular formula is C20H27ClN4O2S. The van der Waals surface area contributed by atoms with Crippen LogP contribution in [0, 0.1) is 5.92 Å². The SMILES string of the molecule is CC(C)[C@H](N)C(=O)NCC(=O)Nc1nc(-c2ccc3c(c2)CCCC3)cs1.Cl. The zero-order chi connectivity index (χ0) is 19.4. The van der Waals surface area contributed by atoms with Crippen LogP contribution in [0.1, 0.15) is 37.8 Å². The van der Waals surface area contributed by atoms with Crippen LogP contribution in [0.15, 0.2) is 23.6 Å². The topological polar surface area (TPSA) is 97.1 Å². The van der Waals surface area contributed by atoms with E-state index in [0.29, 0.717) is 5.13 Å². The minimum absolute atomic E-state index is 0. The minimum atomic E-state index is -0.617. The van der Waals surface area contributed by atoms with E-state index < -0.39 is 6.04 Å². The van der Waals surface area contributed by atoms with Crippen molar-refractivity contribution < 1.29 is 9.59 Å². The number of nitrogens with two attached hydrogens (primary N) is 1. The van der Waals surface area contributed by atoms with E-state index in [1.54, 1.807) is 0 Å². The van der Waals surface area contributed by atoms with E-state index in [4.69, 9.17) is 5.73 Å². The Hall–Kier alpha value is -1.96. The van der Waals surface area contributed by atoms with Gasteiger partial charge < -0.3 is 16.4 Å². The number of benzene rings is 1. The molecule has 2 amide bonds. The molecule has 0 radical (unpaired) electrons. The fraction of sp³-hybridized carbons (Fsp3) is 0.450. The Balaban J connectivity index is 0.00000280. The molecule has 0 saturated heterocycles. The molecule has 0 spiro atoms. The van der Waals surface area contributed by atoms with Gasteiger partial charge >= 0.3 is 0 Å². The summed E-state index contributed by atoms with van der Waals surface area (Å²) in [6.07, 6.45) is 4.77. The van der Waals surface area contributed by atoms with Gasteiger partial charge in [0, 0.05) is 10.9 Å². The second-order valence-corrected chi connectivity index (χ2v) is 8.12. The van der Waals surface area contributed by atoms with Gasteiger partial charge in [0.25, 0.3) is 0 Å². The standard InChI is InChI=1S/C20H26N4O2S.ClH/c1-12(2)18(21)19(26)22-10-17(25)24-20-23-16(11-27-20)15-8-7-13-5-3-4-6-14(13)9-15;/h7-9,11-12,18H,3-6,10,21H2,1-2H3,(H,22,26)(H,23,24,25);1H/t18-;/m0./s1. The Morgan fingerprint density at radius 3 is 2.64 bits per heavy atom. The van der Waals surface area contributed by atoms with Gasteiger partial charge in [0.15, 0.2) is 5.13 Å². The van der Waals surface area contributed by atoms with Crippen LogP contribution in [0.25, 0.3) is 11.3 Å². The van der Waals surface area contributed by atoms with Gasteiger partial charge in [-0.1, -0.05) is 26.0 Å². The Kier molecular flexibility index (Phi) is 7.98. The number of hydrogen-bond donors (Lipinski definition) is 3. The van der Waals surface area contributed by atoms with Crippen molar-refractivity contribution in [3.63, 3.8) is 0 Å². The first-order valence-corrected chi connectivity index (χ1v) is 10.2. The van der Waals surface area contributed by atoms with Crippen molar-refractivity contribution in [3.8, 4) is 11.3 Å². The molecule has 1 heterocycles. The van der Waals surface area contributed by atoms with E-state index in [-0.39, 0.29) is 36.7 Å². The van der Waals surface area contributed by atoms with Crippen molar-refractivity contribution in [1.82, 2.24) is 10.3 Å². The predicted octanol–water partition coefficient (Wildman–Crippen LogP) is 3.15. The van der Waals surface area contributed by atoms with Gasteiger partial charge in [0.2, 0.25) is 11.8 Å². The van der Waals surface area contributed by atoms with E-state index in [0.717, 1.165) is 24.1 Å². The molecule has 8 heteroatoms. The zero-order valence-corrected chi connectivity index (χ0v) is 17.8. The second-order valence-electron chi connectivity index (χ2n) is 7.26. The lowest BCUT2D eigenvalue weighted by atomic mass is 9.90. The Labute approximate surface area is 175 Å². The average Bonchev–Trinajstić information content (AvgIpc) is 3.13. The number of amides is 2. The van der Waals surface area contributed by atoms with Crippen molar-refractivity contribution in [2.24, 2.45) is 11.7 Å². The van der Waals surface area contributed by atoms with Crippen LogP contribution in [0.4, 0.5) is 5.13 Å². The molecule has 1 atom stereocenters. The largest absolute Gasteiger partial charge is 0.346 e. The predicted molar refractivity (Wildman–Crippen MR) is 116 cm³/mol. The molecule has 6 nitrogen and oxygen atoms in total. The number of halogens is 1. The summed E-state index contributed by atoms with van der Waals surface area (Å²) in [5, 5.41) is 7.75. The highest BCUT2D eigenvalue weighted by Gasteiger charge is 2.18. The highest BCUT2D eigenvalue weighted by atomic mass is 35.5. The van der Waals surface area contributed by atoms with Crippen molar-refractivity contribution in [3.05, 3.63) is 34.7 Å². The van der Waals surface area contributed by atoms with Gasteiger partial charge in [-0.15, -0.1) is 23.7 Å². The minimum Gasteiger partial charge on any atom is -0.346 e. The highest BCUT2D eigenvalue weighted by Crippen LogP contribution is 2.29. The van der Waals surface area contributed by atoms with E-state index in [1.807, 2.05) is 19.2 Å². The molecule has 0 aliphatic heterocycles. The van der Waals surface area contributed by atoms with Crippen molar-refractivity contribution in [2.75, 3.05) is 11.9 Å². The Morgan fingerprint density at radius 1 is 1.21 bits per heavy atom. The smallest absolute Gasteiger partial charge is 0.245 e. The fourth-order valence-electron chi connectivity index (χ4n) is 3.11. The summed E-state index contributed by atoms with van der Waals surface area (Å²) in [6.45, 7) is 3.61. The fourth-order valence-corrected chi connectivity index (χ4v) is 3.84. The molecule has 2 aromatic rings.